The molecule has 0 aromatic heterocycles. The number of amides is 2. The molecule has 5 rings (SSSR count). The van der Waals surface area contributed by atoms with Crippen molar-refractivity contribution in [2.75, 3.05) is 24.2 Å². The molecule has 2 saturated heterocycles. The molecule has 0 N–H and O–H groups in total. The Bertz CT molecular complexity index is 1280. The van der Waals surface area contributed by atoms with E-state index in [0.29, 0.717) is 17.2 Å². The number of non-ortho nitro benzene ring substituents is 1. The van der Waals surface area contributed by atoms with E-state index in [1.165, 1.54) is 24.3 Å². The van der Waals surface area contributed by atoms with Crippen molar-refractivity contribution >= 4 is 28.9 Å². The Kier molecular flexibility index (Phi) is 5.58. The Hall–Kier alpha value is -4.44. The maximum Gasteiger partial charge on any atom is 0.269 e. The van der Waals surface area contributed by atoms with Crippen LogP contribution in [0, 0.1) is 16.0 Å². The zero-order chi connectivity index (χ0) is 24.7. The molecule has 0 saturated carbocycles. The first kappa shape index (κ1) is 22.4. The molecule has 35 heavy (non-hydrogen) atoms. The van der Waals surface area contributed by atoms with Crippen molar-refractivity contribution in [3.63, 3.8) is 0 Å². The third kappa shape index (κ3) is 3.73. The number of anilines is 2. The number of nitro benzene ring substituents is 1. The molecular formula is C25H21N3O7. The molecule has 2 fully saturated rings. The first-order valence-corrected chi connectivity index (χ1v) is 10.8. The van der Waals surface area contributed by atoms with Gasteiger partial charge in [0.15, 0.2) is 6.10 Å². The summed E-state index contributed by atoms with van der Waals surface area (Å²) in [4.78, 5) is 44.6. The van der Waals surface area contributed by atoms with E-state index in [0.717, 1.165) is 10.5 Å². The molecule has 0 unspecified atom stereocenters. The lowest BCUT2D eigenvalue weighted by Gasteiger charge is -2.29. The van der Waals surface area contributed by atoms with Gasteiger partial charge in [-0.1, -0.05) is 12.1 Å². The fraction of sp³-hybridized carbons (Fsp3) is 0.200. The highest BCUT2D eigenvalue weighted by molar-refractivity contribution is 6.24. The van der Waals surface area contributed by atoms with Gasteiger partial charge in [0.1, 0.15) is 17.4 Å². The maximum absolute atomic E-state index is 13.6. The highest BCUT2D eigenvalue weighted by atomic mass is 16.7. The van der Waals surface area contributed by atoms with Crippen LogP contribution in [0.25, 0.3) is 0 Å². The van der Waals surface area contributed by atoms with E-state index < -0.39 is 34.8 Å². The largest absolute Gasteiger partial charge is 0.497 e. The van der Waals surface area contributed by atoms with Gasteiger partial charge >= 0.3 is 0 Å². The van der Waals surface area contributed by atoms with Crippen LogP contribution in [0.15, 0.2) is 72.8 Å². The summed E-state index contributed by atoms with van der Waals surface area (Å²) in [7, 11) is 3.13. The molecule has 10 heteroatoms. The monoisotopic (exact) mass is 475 g/mol. The standard InChI is InChI=1S/C25H21N3O7/c1-33-19-11-3-15(4-12-19)22-21-23(35-27(22)17-9-13-20(34-2)14-10-17)25(30)26(24(21)29)16-5-7-18(8-6-16)28(31)32/h3-14,21-23H,1-2H3/t21-,22-,23+/m1/s1. The van der Waals surface area contributed by atoms with E-state index in [1.807, 2.05) is 12.1 Å². The van der Waals surface area contributed by atoms with Crippen molar-refractivity contribution in [3.05, 3.63) is 88.5 Å². The number of benzene rings is 3. The molecule has 3 atom stereocenters. The quantitative estimate of drug-likeness (QED) is 0.302. The molecule has 3 aromatic carbocycles. The summed E-state index contributed by atoms with van der Waals surface area (Å²) in [6.07, 6.45) is -1.05. The van der Waals surface area contributed by atoms with Gasteiger partial charge in [-0.15, -0.1) is 0 Å². The normalized spacial score (nSPS) is 21.3. The Balaban J connectivity index is 1.54. The number of carbonyl (C=O) groups excluding carboxylic acids is 2. The van der Waals surface area contributed by atoms with Crippen molar-refractivity contribution in [2.24, 2.45) is 5.92 Å². The number of rotatable bonds is 6. The van der Waals surface area contributed by atoms with E-state index in [-0.39, 0.29) is 11.4 Å². The molecule has 3 aromatic rings. The smallest absolute Gasteiger partial charge is 0.269 e. The van der Waals surface area contributed by atoms with E-state index in [4.69, 9.17) is 14.3 Å². The number of imide groups is 1. The zero-order valence-corrected chi connectivity index (χ0v) is 18.9. The first-order valence-electron chi connectivity index (χ1n) is 10.8. The Morgan fingerprint density at radius 1 is 0.800 bits per heavy atom. The zero-order valence-electron chi connectivity index (χ0n) is 18.9. The van der Waals surface area contributed by atoms with Crippen LogP contribution in [-0.2, 0) is 14.4 Å². The second kappa shape index (κ2) is 8.73. The Morgan fingerprint density at radius 3 is 1.89 bits per heavy atom. The first-order chi connectivity index (χ1) is 16.9. The van der Waals surface area contributed by atoms with Crippen molar-refractivity contribution in [3.8, 4) is 11.5 Å². The second-order valence-corrected chi connectivity index (χ2v) is 8.08. The average Bonchev–Trinajstić information content (AvgIpc) is 3.40. The molecule has 0 radical (unpaired) electrons. The fourth-order valence-corrected chi connectivity index (χ4v) is 4.49. The van der Waals surface area contributed by atoms with Gasteiger partial charge in [0.25, 0.3) is 11.6 Å². The van der Waals surface area contributed by atoms with Gasteiger partial charge in [-0.3, -0.25) is 24.5 Å². The summed E-state index contributed by atoms with van der Waals surface area (Å²) in [5.74, 6) is -0.477. The minimum atomic E-state index is -1.05. The van der Waals surface area contributed by atoms with Crippen LogP contribution in [0.3, 0.4) is 0 Å². The van der Waals surface area contributed by atoms with Crippen LogP contribution in [-0.4, -0.2) is 37.1 Å². The molecule has 2 amide bonds. The van der Waals surface area contributed by atoms with Gasteiger partial charge in [0.05, 0.1) is 36.6 Å². The summed E-state index contributed by atoms with van der Waals surface area (Å²) in [6, 6.07) is 19.0. The number of methoxy groups -OCH3 is 2. The number of hydrogen-bond donors (Lipinski definition) is 0. The van der Waals surface area contributed by atoms with Crippen molar-refractivity contribution < 1.29 is 28.8 Å². The molecule has 2 heterocycles. The van der Waals surface area contributed by atoms with E-state index in [1.54, 1.807) is 55.7 Å². The lowest BCUT2D eigenvalue weighted by molar-refractivity contribution is -0.384. The Labute approximate surface area is 200 Å². The van der Waals surface area contributed by atoms with Gasteiger partial charge in [0, 0.05) is 12.1 Å². The molecule has 0 bridgehead atoms. The molecule has 2 aliphatic heterocycles. The highest BCUT2D eigenvalue weighted by Crippen LogP contribution is 2.48. The summed E-state index contributed by atoms with van der Waals surface area (Å²) in [5.41, 5.74) is 1.54. The summed E-state index contributed by atoms with van der Waals surface area (Å²) >= 11 is 0. The van der Waals surface area contributed by atoms with E-state index >= 15 is 0 Å². The van der Waals surface area contributed by atoms with Gasteiger partial charge in [-0.25, -0.2) is 9.96 Å². The van der Waals surface area contributed by atoms with Crippen LogP contribution in [0.4, 0.5) is 17.1 Å². The Morgan fingerprint density at radius 2 is 1.34 bits per heavy atom. The molecular weight excluding hydrogens is 454 g/mol. The highest BCUT2D eigenvalue weighted by Gasteiger charge is 2.60. The lowest BCUT2D eigenvalue weighted by atomic mass is 9.90. The summed E-state index contributed by atoms with van der Waals surface area (Å²) in [6.45, 7) is 0. The molecule has 0 aliphatic carbocycles. The molecule has 2 aliphatic rings. The third-order valence-electron chi connectivity index (χ3n) is 6.22. The van der Waals surface area contributed by atoms with Crippen molar-refractivity contribution in [1.82, 2.24) is 0 Å². The predicted octanol–water partition coefficient (Wildman–Crippen LogP) is 3.66. The van der Waals surface area contributed by atoms with Gasteiger partial charge in [-0.05, 0) is 54.1 Å². The van der Waals surface area contributed by atoms with Crippen LogP contribution >= 0.6 is 0 Å². The second-order valence-electron chi connectivity index (χ2n) is 8.08. The topological polar surface area (TPSA) is 111 Å². The number of nitro groups is 1. The lowest BCUT2D eigenvalue weighted by Crippen LogP contribution is -2.37. The third-order valence-corrected chi connectivity index (χ3v) is 6.22. The van der Waals surface area contributed by atoms with Gasteiger partial charge in [0.2, 0.25) is 5.91 Å². The van der Waals surface area contributed by atoms with Crippen LogP contribution in [0.2, 0.25) is 0 Å². The summed E-state index contributed by atoms with van der Waals surface area (Å²) in [5, 5.41) is 12.6. The fourth-order valence-electron chi connectivity index (χ4n) is 4.49. The number of fused-ring (bicyclic) bond motifs is 1. The van der Waals surface area contributed by atoms with E-state index in [9.17, 15) is 19.7 Å². The molecule has 10 nitrogen and oxygen atoms in total. The van der Waals surface area contributed by atoms with Crippen molar-refractivity contribution in [2.45, 2.75) is 12.1 Å². The minimum absolute atomic E-state index is 0.133. The molecule has 0 spiro atoms. The van der Waals surface area contributed by atoms with Crippen LogP contribution in [0.1, 0.15) is 11.6 Å². The number of hydroxylamine groups is 1. The van der Waals surface area contributed by atoms with Crippen molar-refractivity contribution in [1.29, 1.82) is 0 Å². The predicted molar refractivity (Wildman–Crippen MR) is 125 cm³/mol. The van der Waals surface area contributed by atoms with Gasteiger partial charge in [-0.2, -0.15) is 0 Å². The number of carbonyl (C=O) groups is 2. The van der Waals surface area contributed by atoms with E-state index in [2.05, 4.69) is 0 Å². The molecule has 178 valence electrons. The number of ether oxygens (including phenoxy) is 2. The minimum Gasteiger partial charge on any atom is -0.497 e. The number of hydrogen-bond acceptors (Lipinski definition) is 8. The number of nitrogens with zero attached hydrogens (tertiary/aromatic N) is 3. The average molecular weight is 475 g/mol. The van der Waals surface area contributed by atoms with Gasteiger partial charge < -0.3 is 9.47 Å². The van der Waals surface area contributed by atoms with Crippen LogP contribution in [0.5, 0.6) is 11.5 Å². The SMILES string of the molecule is COc1ccc([C@@H]2[C@H]3C(=O)N(c4ccc([N+](=O)[O-])cc4)C(=O)[C@H]3ON2c2ccc(OC)cc2)cc1. The maximum atomic E-state index is 13.6. The van der Waals surface area contributed by atoms with Crippen LogP contribution < -0.4 is 19.4 Å². The summed E-state index contributed by atoms with van der Waals surface area (Å²) < 4.78 is 10.5.